The normalized spacial score (nSPS) is 10.8. The van der Waals surface area contributed by atoms with Gasteiger partial charge in [-0.15, -0.1) is 0 Å². The molecule has 0 aliphatic rings. The van der Waals surface area contributed by atoms with E-state index in [-0.39, 0.29) is 5.82 Å². The first kappa shape index (κ1) is 12.1. The summed E-state index contributed by atoms with van der Waals surface area (Å²) in [6.07, 6.45) is 0. The van der Waals surface area contributed by atoms with E-state index in [1.807, 2.05) is 30.3 Å². The van der Waals surface area contributed by atoms with Gasteiger partial charge >= 0.3 is 0 Å². The summed E-state index contributed by atoms with van der Waals surface area (Å²) < 4.78 is 18.8. The topological polar surface area (TPSA) is 25.2 Å². The molecule has 0 unspecified atom stereocenters. The zero-order valence-electron chi connectivity index (χ0n) is 9.99. The number of hydrogen-bond acceptors (Lipinski definition) is 2. The summed E-state index contributed by atoms with van der Waals surface area (Å²) in [6.45, 7) is 0.481. The predicted octanol–water partition coefficient (Wildman–Crippen LogP) is 4.84. The molecule has 0 saturated heterocycles. The number of hydrogen-bond donors (Lipinski definition) is 1. The molecular formula is C15H11ClFNO. The third-order valence-electron chi connectivity index (χ3n) is 2.81. The second kappa shape index (κ2) is 4.94. The van der Waals surface area contributed by atoms with Crippen molar-refractivity contribution in [2.24, 2.45) is 0 Å². The molecule has 1 aromatic heterocycles. The van der Waals surface area contributed by atoms with E-state index < -0.39 is 0 Å². The molecule has 0 saturated carbocycles. The Labute approximate surface area is 114 Å². The van der Waals surface area contributed by atoms with E-state index >= 15 is 0 Å². The fraction of sp³-hybridized carbons (Fsp3) is 0.0667. The second-order valence-corrected chi connectivity index (χ2v) is 4.70. The summed E-state index contributed by atoms with van der Waals surface area (Å²) in [4.78, 5) is 0. The van der Waals surface area contributed by atoms with E-state index in [0.717, 1.165) is 16.7 Å². The first-order valence-corrected chi connectivity index (χ1v) is 6.26. The predicted molar refractivity (Wildman–Crippen MR) is 75.0 cm³/mol. The first-order chi connectivity index (χ1) is 9.20. The van der Waals surface area contributed by atoms with Crippen LogP contribution in [0, 0.1) is 5.82 Å². The maximum absolute atomic E-state index is 13.2. The Morgan fingerprint density at radius 1 is 1.11 bits per heavy atom. The lowest BCUT2D eigenvalue weighted by molar-refractivity contribution is 0.559. The third-order valence-corrected chi connectivity index (χ3v) is 3.02. The number of benzene rings is 2. The molecule has 3 rings (SSSR count). The summed E-state index contributed by atoms with van der Waals surface area (Å²) in [5, 5.41) is 4.51. The highest BCUT2D eigenvalue weighted by molar-refractivity contribution is 6.30. The SMILES string of the molecule is Fc1cc(Cl)cc(NCc2cc3ccccc3o2)c1. The average molecular weight is 276 g/mol. The van der Waals surface area contributed by atoms with Crippen LogP contribution in [0.25, 0.3) is 11.0 Å². The molecule has 0 amide bonds. The Morgan fingerprint density at radius 2 is 1.95 bits per heavy atom. The zero-order chi connectivity index (χ0) is 13.2. The number of para-hydroxylation sites is 1. The monoisotopic (exact) mass is 275 g/mol. The van der Waals surface area contributed by atoms with Gasteiger partial charge in [0.2, 0.25) is 0 Å². The molecule has 3 aromatic rings. The maximum Gasteiger partial charge on any atom is 0.134 e. The zero-order valence-corrected chi connectivity index (χ0v) is 10.7. The minimum atomic E-state index is -0.361. The third kappa shape index (κ3) is 2.71. The molecule has 0 aliphatic heterocycles. The van der Waals surface area contributed by atoms with Gasteiger partial charge in [0, 0.05) is 16.1 Å². The Bertz CT molecular complexity index is 670. The largest absolute Gasteiger partial charge is 0.459 e. The molecule has 1 heterocycles. The van der Waals surface area contributed by atoms with Crippen molar-refractivity contribution in [3.8, 4) is 0 Å². The van der Waals surface area contributed by atoms with Crippen molar-refractivity contribution in [2.75, 3.05) is 5.32 Å². The van der Waals surface area contributed by atoms with Gasteiger partial charge in [0.05, 0.1) is 6.54 Å². The standard InChI is InChI=1S/C15H11ClFNO/c16-11-6-12(17)8-13(7-11)18-9-14-5-10-3-1-2-4-15(10)19-14/h1-8,18H,9H2. The van der Waals surface area contributed by atoms with E-state index in [0.29, 0.717) is 17.3 Å². The molecule has 0 aliphatic carbocycles. The molecule has 4 heteroatoms. The van der Waals surface area contributed by atoms with Crippen LogP contribution in [-0.4, -0.2) is 0 Å². The van der Waals surface area contributed by atoms with Gasteiger partial charge in [-0.25, -0.2) is 4.39 Å². The first-order valence-electron chi connectivity index (χ1n) is 5.88. The van der Waals surface area contributed by atoms with E-state index in [1.54, 1.807) is 6.07 Å². The number of rotatable bonds is 3. The lowest BCUT2D eigenvalue weighted by Crippen LogP contribution is -1.98. The van der Waals surface area contributed by atoms with Crippen LogP contribution in [-0.2, 0) is 6.54 Å². The highest BCUT2D eigenvalue weighted by Crippen LogP contribution is 2.21. The lowest BCUT2D eigenvalue weighted by atomic mass is 10.2. The second-order valence-electron chi connectivity index (χ2n) is 4.26. The molecule has 1 N–H and O–H groups in total. The van der Waals surface area contributed by atoms with Crippen LogP contribution < -0.4 is 5.32 Å². The Hall–Kier alpha value is -2.00. The van der Waals surface area contributed by atoms with E-state index in [2.05, 4.69) is 5.32 Å². The van der Waals surface area contributed by atoms with Crippen LogP contribution in [0.15, 0.2) is 52.9 Å². The number of fused-ring (bicyclic) bond motifs is 1. The van der Waals surface area contributed by atoms with Crippen LogP contribution in [0.1, 0.15) is 5.76 Å². The quantitative estimate of drug-likeness (QED) is 0.740. The van der Waals surface area contributed by atoms with Crippen LogP contribution in [0.5, 0.6) is 0 Å². The van der Waals surface area contributed by atoms with Crippen molar-refractivity contribution >= 4 is 28.3 Å². The van der Waals surface area contributed by atoms with Crippen molar-refractivity contribution < 1.29 is 8.81 Å². The molecule has 0 radical (unpaired) electrons. The minimum absolute atomic E-state index is 0.361. The van der Waals surface area contributed by atoms with Gasteiger partial charge in [-0.2, -0.15) is 0 Å². The highest BCUT2D eigenvalue weighted by Gasteiger charge is 2.04. The highest BCUT2D eigenvalue weighted by atomic mass is 35.5. The summed E-state index contributed by atoms with van der Waals surface area (Å²) in [7, 11) is 0. The molecule has 0 atom stereocenters. The summed E-state index contributed by atoms with van der Waals surface area (Å²) >= 11 is 5.79. The Morgan fingerprint density at radius 3 is 2.74 bits per heavy atom. The molecule has 96 valence electrons. The van der Waals surface area contributed by atoms with E-state index in [4.69, 9.17) is 16.0 Å². The Balaban J connectivity index is 1.78. The summed E-state index contributed by atoms with van der Waals surface area (Å²) in [5.74, 6) is 0.432. The maximum atomic E-state index is 13.2. The van der Waals surface area contributed by atoms with Gasteiger partial charge in [0.1, 0.15) is 17.2 Å². The van der Waals surface area contributed by atoms with Crippen molar-refractivity contribution in [2.45, 2.75) is 6.54 Å². The van der Waals surface area contributed by atoms with Gasteiger partial charge in [-0.1, -0.05) is 29.8 Å². The molecule has 19 heavy (non-hydrogen) atoms. The average Bonchev–Trinajstić information content (AvgIpc) is 2.78. The summed E-state index contributed by atoms with van der Waals surface area (Å²) in [6, 6.07) is 14.1. The molecular weight excluding hydrogens is 265 g/mol. The molecule has 0 spiro atoms. The van der Waals surface area contributed by atoms with Gasteiger partial charge < -0.3 is 9.73 Å². The fourth-order valence-electron chi connectivity index (χ4n) is 1.97. The van der Waals surface area contributed by atoms with Gasteiger partial charge in [0.25, 0.3) is 0 Å². The van der Waals surface area contributed by atoms with Gasteiger partial charge in [-0.3, -0.25) is 0 Å². The number of nitrogens with one attached hydrogen (secondary N) is 1. The van der Waals surface area contributed by atoms with Crippen LogP contribution in [0.2, 0.25) is 5.02 Å². The fourth-order valence-corrected chi connectivity index (χ4v) is 2.19. The smallest absolute Gasteiger partial charge is 0.134 e. The lowest BCUT2D eigenvalue weighted by Gasteiger charge is -2.04. The minimum Gasteiger partial charge on any atom is -0.459 e. The van der Waals surface area contributed by atoms with Crippen LogP contribution in [0.3, 0.4) is 0 Å². The molecule has 0 fully saturated rings. The number of anilines is 1. The van der Waals surface area contributed by atoms with Crippen molar-refractivity contribution in [3.63, 3.8) is 0 Å². The van der Waals surface area contributed by atoms with Crippen molar-refractivity contribution in [1.82, 2.24) is 0 Å². The summed E-state index contributed by atoms with van der Waals surface area (Å²) in [5.41, 5.74) is 1.47. The van der Waals surface area contributed by atoms with E-state index in [9.17, 15) is 4.39 Å². The molecule has 2 aromatic carbocycles. The number of furan rings is 1. The number of halogens is 2. The molecule has 2 nitrogen and oxygen atoms in total. The van der Waals surface area contributed by atoms with E-state index in [1.165, 1.54) is 12.1 Å². The van der Waals surface area contributed by atoms with Crippen molar-refractivity contribution in [3.05, 3.63) is 65.1 Å². The van der Waals surface area contributed by atoms with Crippen LogP contribution in [0.4, 0.5) is 10.1 Å². The Kier molecular flexibility index (Phi) is 3.13. The van der Waals surface area contributed by atoms with Gasteiger partial charge in [0.15, 0.2) is 0 Å². The molecule has 0 bridgehead atoms. The van der Waals surface area contributed by atoms with Gasteiger partial charge in [-0.05, 0) is 30.3 Å². The van der Waals surface area contributed by atoms with Crippen LogP contribution >= 0.6 is 11.6 Å². The van der Waals surface area contributed by atoms with Crippen molar-refractivity contribution in [1.29, 1.82) is 0 Å².